The number of pyridine rings is 1. The Labute approximate surface area is 145 Å². The van der Waals surface area contributed by atoms with E-state index < -0.39 is 0 Å². The third-order valence-electron chi connectivity index (χ3n) is 4.65. The molecule has 0 fully saturated rings. The summed E-state index contributed by atoms with van der Waals surface area (Å²) in [6.45, 7) is 2.18. The fourth-order valence-corrected chi connectivity index (χ4v) is 3.35. The first-order chi connectivity index (χ1) is 12.2. The Kier molecular flexibility index (Phi) is 4.05. The summed E-state index contributed by atoms with van der Waals surface area (Å²) in [7, 11) is 0. The Morgan fingerprint density at radius 3 is 2.84 bits per heavy atom. The summed E-state index contributed by atoms with van der Waals surface area (Å²) in [5.41, 5.74) is 4.24. The number of nitrogens with one attached hydrogen (secondary N) is 1. The Morgan fingerprint density at radius 2 is 2.08 bits per heavy atom. The van der Waals surface area contributed by atoms with E-state index in [1.54, 1.807) is 23.3 Å². The van der Waals surface area contributed by atoms with Gasteiger partial charge in [0.2, 0.25) is 5.91 Å². The number of fused-ring (bicyclic) bond motifs is 1. The molecular formula is C18H20N6O. The van der Waals surface area contributed by atoms with Crippen LogP contribution in [0.5, 0.6) is 0 Å². The van der Waals surface area contributed by atoms with Gasteiger partial charge < -0.3 is 5.32 Å². The molecule has 0 unspecified atom stereocenters. The molecule has 3 heterocycles. The van der Waals surface area contributed by atoms with Gasteiger partial charge in [-0.15, -0.1) is 0 Å². The van der Waals surface area contributed by atoms with Crippen LogP contribution in [-0.4, -0.2) is 30.5 Å². The molecule has 0 saturated heterocycles. The quantitative estimate of drug-likeness (QED) is 0.790. The average Bonchev–Trinajstić information content (AvgIpc) is 3.23. The van der Waals surface area contributed by atoms with Crippen LogP contribution in [0.25, 0.3) is 5.69 Å². The maximum Gasteiger partial charge on any atom is 0.242 e. The first kappa shape index (κ1) is 15.6. The summed E-state index contributed by atoms with van der Waals surface area (Å²) in [4.78, 5) is 16.5. The van der Waals surface area contributed by atoms with Crippen LogP contribution in [0.3, 0.4) is 0 Å². The van der Waals surface area contributed by atoms with Gasteiger partial charge in [-0.3, -0.25) is 14.5 Å². The van der Waals surface area contributed by atoms with Crippen molar-refractivity contribution in [3.63, 3.8) is 0 Å². The lowest BCUT2D eigenvalue weighted by Gasteiger charge is -2.24. The largest absolute Gasteiger partial charge is 0.348 e. The van der Waals surface area contributed by atoms with Crippen LogP contribution in [0.2, 0.25) is 0 Å². The molecule has 7 heteroatoms. The molecule has 25 heavy (non-hydrogen) atoms. The van der Waals surface area contributed by atoms with Gasteiger partial charge >= 0.3 is 0 Å². The molecule has 4 rings (SSSR count). The molecule has 7 nitrogen and oxygen atoms in total. The average molecular weight is 336 g/mol. The van der Waals surface area contributed by atoms with Gasteiger partial charge in [0.15, 0.2) is 0 Å². The van der Waals surface area contributed by atoms with E-state index >= 15 is 0 Å². The standard InChI is InChI=1S/C18H20N6O/c1-13-5-10-20-23(13)12-18(25)22-16-3-2-4-17-15(16)11-21-24(17)14-6-8-19-9-7-14/h5-11,16H,2-4,12H2,1H3,(H,22,25)/t16-/m1/s1. The van der Waals surface area contributed by atoms with Gasteiger partial charge in [-0.05, 0) is 44.4 Å². The number of aryl methyl sites for hydroxylation is 1. The minimum atomic E-state index is -0.0266. The van der Waals surface area contributed by atoms with Gasteiger partial charge in [-0.25, -0.2) is 4.68 Å². The number of rotatable bonds is 4. The molecule has 0 bridgehead atoms. The Morgan fingerprint density at radius 1 is 1.24 bits per heavy atom. The van der Waals surface area contributed by atoms with E-state index in [0.717, 1.165) is 41.9 Å². The van der Waals surface area contributed by atoms with E-state index in [2.05, 4.69) is 20.5 Å². The van der Waals surface area contributed by atoms with Crippen molar-refractivity contribution >= 4 is 5.91 Å². The van der Waals surface area contributed by atoms with Crippen molar-refractivity contribution in [2.45, 2.75) is 38.8 Å². The lowest BCUT2D eigenvalue weighted by molar-refractivity contribution is -0.122. The fraction of sp³-hybridized carbons (Fsp3) is 0.333. The van der Waals surface area contributed by atoms with Crippen molar-refractivity contribution in [2.75, 3.05) is 0 Å². The molecule has 128 valence electrons. The number of nitrogens with zero attached hydrogens (tertiary/aromatic N) is 5. The number of aromatic nitrogens is 5. The molecule has 0 aromatic carbocycles. The highest BCUT2D eigenvalue weighted by Gasteiger charge is 2.26. The second kappa shape index (κ2) is 6.51. The van der Waals surface area contributed by atoms with Gasteiger partial charge in [0, 0.05) is 35.5 Å². The van der Waals surface area contributed by atoms with Crippen LogP contribution >= 0.6 is 0 Å². The zero-order valence-corrected chi connectivity index (χ0v) is 14.1. The Balaban J connectivity index is 1.53. The molecule has 0 saturated carbocycles. The summed E-state index contributed by atoms with van der Waals surface area (Å²) in [5.74, 6) is -0.0266. The highest BCUT2D eigenvalue weighted by Crippen LogP contribution is 2.30. The molecule has 1 amide bonds. The second-order valence-electron chi connectivity index (χ2n) is 6.31. The lowest BCUT2D eigenvalue weighted by atomic mass is 9.93. The SMILES string of the molecule is Cc1ccnn1CC(=O)N[C@@H]1CCCc2c1cnn2-c1ccncc1. The number of hydrogen-bond acceptors (Lipinski definition) is 4. The first-order valence-corrected chi connectivity index (χ1v) is 8.47. The number of hydrogen-bond donors (Lipinski definition) is 1. The van der Waals surface area contributed by atoms with Crippen molar-refractivity contribution < 1.29 is 4.79 Å². The Hall–Kier alpha value is -2.96. The summed E-state index contributed by atoms with van der Waals surface area (Å²) >= 11 is 0. The van der Waals surface area contributed by atoms with Crippen LogP contribution in [0, 0.1) is 6.92 Å². The van der Waals surface area contributed by atoms with Crippen LogP contribution in [0.4, 0.5) is 0 Å². The van der Waals surface area contributed by atoms with Gasteiger partial charge in [-0.1, -0.05) is 0 Å². The smallest absolute Gasteiger partial charge is 0.242 e. The molecular weight excluding hydrogens is 316 g/mol. The normalized spacial score (nSPS) is 16.4. The second-order valence-corrected chi connectivity index (χ2v) is 6.31. The van der Waals surface area contributed by atoms with Crippen molar-refractivity contribution in [1.29, 1.82) is 0 Å². The zero-order valence-electron chi connectivity index (χ0n) is 14.1. The maximum absolute atomic E-state index is 12.4. The summed E-state index contributed by atoms with van der Waals surface area (Å²) in [6, 6.07) is 5.78. The monoisotopic (exact) mass is 336 g/mol. The van der Waals surface area contributed by atoms with Crippen molar-refractivity contribution in [2.24, 2.45) is 0 Å². The zero-order chi connectivity index (χ0) is 17.2. The van der Waals surface area contributed by atoms with Crippen molar-refractivity contribution in [3.05, 3.63) is 59.9 Å². The van der Waals surface area contributed by atoms with Crippen LogP contribution in [0.1, 0.15) is 35.8 Å². The van der Waals surface area contributed by atoms with Gasteiger partial charge in [0.25, 0.3) is 0 Å². The fourth-order valence-electron chi connectivity index (χ4n) is 3.35. The topological polar surface area (TPSA) is 77.6 Å². The van der Waals surface area contributed by atoms with E-state index in [9.17, 15) is 4.79 Å². The molecule has 1 aliphatic carbocycles. The third-order valence-corrected chi connectivity index (χ3v) is 4.65. The molecule has 1 aliphatic rings. The van der Waals surface area contributed by atoms with Gasteiger partial charge in [-0.2, -0.15) is 10.2 Å². The molecule has 1 N–H and O–H groups in total. The highest BCUT2D eigenvalue weighted by molar-refractivity contribution is 5.76. The minimum Gasteiger partial charge on any atom is -0.348 e. The predicted molar refractivity (Wildman–Crippen MR) is 92.1 cm³/mol. The first-order valence-electron chi connectivity index (χ1n) is 8.47. The van der Waals surface area contributed by atoms with Crippen LogP contribution in [-0.2, 0) is 17.8 Å². The van der Waals surface area contributed by atoms with E-state index in [4.69, 9.17) is 0 Å². The molecule has 3 aromatic rings. The van der Waals surface area contributed by atoms with E-state index in [-0.39, 0.29) is 18.5 Å². The van der Waals surface area contributed by atoms with E-state index in [1.165, 1.54) is 0 Å². The third kappa shape index (κ3) is 3.05. The molecule has 0 aliphatic heterocycles. The van der Waals surface area contributed by atoms with E-state index in [0.29, 0.717) is 0 Å². The number of carbonyl (C=O) groups is 1. The molecule has 0 spiro atoms. The molecule has 0 radical (unpaired) electrons. The summed E-state index contributed by atoms with van der Waals surface area (Å²) in [5, 5.41) is 11.8. The molecule has 1 atom stereocenters. The highest BCUT2D eigenvalue weighted by atomic mass is 16.2. The predicted octanol–water partition coefficient (Wildman–Crippen LogP) is 1.97. The van der Waals surface area contributed by atoms with Crippen molar-refractivity contribution in [3.8, 4) is 5.69 Å². The van der Waals surface area contributed by atoms with Gasteiger partial charge in [0.1, 0.15) is 6.54 Å². The summed E-state index contributed by atoms with van der Waals surface area (Å²) < 4.78 is 3.66. The maximum atomic E-state index is 12.4. The lowest BCUT2D eigenvalue weighted by Crippen LogP contribution is -2.33. The Bertz CT molecular complexity index is 882. The van der Waals surface area contributed by atoms with Crippen molar-refractivity contribution in [1.82, 2.24) is 29.9 Å². The van der Waals surface area contributed by atoms with Gasteiger partial charge in [0.05, 0.1) is 17.9 Å². The van der Waals surface area contributed by atoms with E-state index in [1.807, 2.05) is 36.0 Å². The molecule has 3 aromatic heterocycles. The van der Waals surface area contributed by atoms with Crippen LogP contribution < -0.4 is 5.32 Å². The minimum absolute atomic E-state index is 0.00251. The van der Waals surface area contributed by atoms with Crippen LogP contribution in [0.15, 0.2) is 43.0 Å². The summed E-state index contributed by atoms with van der Waals surface area (Å²) in [6.07, 6.45) is 10.0. The number of carbonyl (C=O) groups excluding carboxylic acids is 1. The number of amides is 1.